The van der Waals surface area contributed by atoms with E-state index >= 15 is 0 Å². The fraction of sp³-hybridized carbons (Fsp3) is 0.500. The van der Waals surface area contributed by atoms with Gasteiger partial charge >= 0.3 is 6.09 Å². The summed E-state index contributed by atoms with van der Waals surface area (Å²) in [6, 6.07) is 5.34. The van der Waals surface area contributed by atoms with Crippen LogP contribution in [0, 0.1) is 0 Å². The van der Waals surface area contributed by atoms with Crippen LogP contribution in [0.2, 0.25) is 5.02 Å². The summed E-state index contributed by atoms with van der Waals surface area (Å²) in [6.45, 7) is 0.837. The number of hydrogen-bond acceptors (Lipinski definition) is 3. The molecule has 1 aromatic carbocycles. The Morgan fingerprint density at radius 2 is 2.10 bits per heavy atom. The minimum Gasteiger partial charge on any atom is -0.485 e. The van der Waals surface area contributed by atoms with E-state index in [4.69, 9.17) is 21.4 Å². The molecule has 0 radical (unpaired) electrons. The van der Waals surface area contributed by atoms with Gasteiger partial charge in [-0.2, -0.15) is 0 Å². The van der Waals surface area contributed by atoms with E-state index in [1.165, 1.54) is 4.90 Å². The number of amides is 1. The number of halogens is 1. The molecule has 1 aromatic rings. The summed E-state index contributed by atoms with van der Waals surface area (Å²) in [5, 5.41) is 19.8. The first-order valence-corrected chi connectivity index (χ1v) is 7.02. The summed E-state index contributed by atoms with van der Waals surface area (Å²) in [7, 11) is 0. The maximum atomic E-state index is 11.0. The maximum absolute atomic E-state index is 11.0. The average molecular weight is 298 g/mol. The molecule has 1 spiro atoms. The van der Waals surface area contributed by atoms with Crippen LogP contribution in [-0.4, -0.2) is 39.9 Å². The van der Waals surface area contributed by atoms with E-state index < -0.39 is 17.8 Å². The third-order valence-corrected chi connectivity index (χ3v) is 4.48. The predicted molar refractivity (Wildman–Crippen MR) is 73.2 cm³/mol. The number of piperidine rings is 1. The van der Waals surface area contributed by atoms with E-state index in [1.807, 2.05) is 6.07 Å². The van der Waals surface area contributed by atoms with Gasteiger partial charge in [0.15, 0.2) is 0 Å². The van der Waals surface area contributed by atoms with Gasteiger partial charge in [-0.1, -0.05) is 23.7 Å². The Morgan fingerprint density at radius 1 is 1.40 bits per heavy atom. The Hall–Kier alpha value is -1.46. The lowest BCUT2D eigenvalue weighted by Gasteiger charge is -2.45. The smallest absolute Gasteiger partial charge is 0.407 e. The van der Waals surface area contributed by atoms with Crippen molar-refractivity contribution in [2.45, 2.75) is 31.0 Å². The van der Waals surface area contributed by atoms with Crippen molar-refractivity contribution >= 4 is 17.7 Å². The van der Waals surface area contributed by atoms with Gasteiger partial charge in [0.05, 0.1) is 11.1 Å². The Morgan fingerprint density at radius 3 is 2.75 bits per heavy atom. The number of hydrogen-bond donors (Lipinski definition) is 2. The second-order valence-corrected chi connectivity index (χ2v) is 5.84. The first-order chi connectivity index (χ1) is 9.51. The molecule has 2 aliphatic heterocycles. The zero-order chi connectivity index (χ0) is 14.3. The van der Waals surface area contributed by atoms with Gasteiger partial charge in [-0.3, -0.25) is 0 Å². The van der Waals surface area contributed by atoms with Crippen LogP contribution >= 0.6 is 11.6 Å². The third-order valence-electron chi connectivity index (χ3n) is 4.19. The number of benzene rings is 1. The van der Waals surface area contributed by atoms with Crippen molar-refractivity contribution < 1.29 is 19.7 Å². The molecule has 0 bridgehead atoms. The van der Waals surface area contributed by atoms with Crippen molar-refractivity contribution in [3.8, 4) is 5.75 Å². The first kappa shape index (κ1) is 13.5. The van der Waals surface area contributed by atoms with Crippen LogP contribution in [0.5, 0.6) is 5.75 Å². The molecule has 3 rings (SSSR count). The third kappa shape index (κ3) is 2.21. The summed E-state index contributed by atoms with van der Waals surface area (Å²) < 4.78 is 6.08. The Balaban J connectivity index is 1.85. The van der Waals surface area contributed by atoms with E-state index in [0.29, 0.717) is 48.7 Å². The van der Waals surface area contributed by atoms with Crippen LogP contribution in [0.25, 0.3) is 0 Å². The van der Waals surface area contributed by atoms with Crippen molar-refractivity contribution in [1.29, 1.82) is 0 Å². The van der Waals surface area contributed by atoms with E-state index in [9.17, 15) is 9.90 Å². The van der Waals surface area contributed by atoms with Gasteiger partial charge < -0.3 is 19.8 Å². The molecule has 0 saturated carbocycles. The zero-order valence-corrected chi connectivity index (χ0v) is 11.6. The number of carbonyl (C=O) groups is 1. The minimum atomic E-state index is -0.908. The van der Waals surface area contributed by atoms with Crippen molar-refractivity contribution in [2.24, 2.45) is 0 Å². The maximum Gasteiger partial charge on any atom is 0.407 e. The molecule has 1 unspecified atom stereocenters. The molecular formula is C14H16ClNO4. The van der Waals surface area contributed by atoms with Crippen molar-refractivity contribution in [1.82, 2.24) is 4.90 Å². The van der Waals surface area contributed by atoms with Crippen LogP contribution in [0.15, 0.2) is 18.2 Å². The van der Waals surface area contributed by atoms with Crippen LogP contribution in [0.1, 0.15) is 30.9 Å². The zero-order valence-electron chi connectivity index (χ0n) is 10.9. The second kappa shape index (κ2) is 4.82. The molecule has 1 fully saturated rings. The number of aliphatic hydroxyl groups excluding tert-OH is 1. The lowest BCUT2D eigenvalue weighted by molar-refractivity contribution is -0.0501. The second-order valence-electron chi connectivity index (χ2n) is 5.43. The Labute approximate surface area is 121 Å². The van der Waals surface area contributed by atoms with Gasteiger partial charge in [0.1, 0.15) is 11.4 Å². The molecule has 1 amide bonds. The molecule has 20 heavy (non-hydrogen) atoms. The molecule has 5 nitrogen and oxygen atoms in total. The van der Waals surface area contributed by atoms with E-state index in [1.54, 1.807) is 12.1 Å². The number of fused-ring (bicyclic) bond motifs is 1. The lowest BCUT2D eigenvalue weighted by Crippen LogP contribution is -2.51. The minimum absolute atomic E-state index is 0.418. The van der Waals surface area contributed by atoms with Gasteiger partial charge in [0, 0.05) is 37.9 Å². The highest BCUT2D eigenvalue weighted by Crippen LogP contribution is 2.46. The molecule has 0 aromatic heterocycles. The number of ether oxygens (including phenoxy) is 1. The number of para-hydroxylation sites is 1. The molecular weight excluding hydrogens is 282 g/mol. The van der Waals surface area contributed by atoms with E-state index in [-0.39, 0.29) is 0 Å². The number of likely N-dealkylation sites (tertiary alicyclic amines) is 1. The van der Waals surface area contributed by atoms with Gasteiger partial charge in [-0.05, 0) is 6.07 Å². The number of carboxylic acid groups (broad SMARTS) is 1. The molecule has 2 aliphatic rings. The normalized spacial score (nSPS) is 24.1. The van der Waals surface area contributed by atoms with E-state index in [0.717, 1.165) is 0 Å². The van der Waals surface area contributed by atoms with Gasteiger partial charge in [-0.25, -0.2) is 4.79 Å². The number of rotatable bonds is 0. The van der Waals surface area contributed by atoms with Crippen LogP contribution in [-0.2, 0) is 0 Å². The standard InChI is InChI=1S/C14H16ClNO4/c15-10-3-1-2-9-11(17)8-14(20-12(9)10)4-6-16(7-5-14)13(18)19/h1-3,11,17H,4-8H2,(H,18,19). The molecule has 2 heterocycles. The largest absolute Gasteiger partial charge is 0.485 e. The van der Waals surface area contributed by atoms with Crippen molar-refractivity contribution in [2.75, 3.05) is 13.1 Å². The summed E-state index contributed by atoms with van der Waals surface area (Å²) in [5.41, 5.74) is 0.201. The Bertz CT molecular complexity index is 540. The summed E-state index contributed by atoms with van der Waals surface area (Å²) in [5.74, 6) is 0.539. The summed E-state index contributed by atoms with van der Waals surface area (Å²) in [6.07, 6.45) is 0.0963. The number of nitrogens with zero attached hydrogens (tertiary/aromatic N) is 1. The highest BCUT2D eigenvalue weighted by atomic mass is 35.5. The number of aliphatic hydroxyl groups is 1. The average Bonchev–Trinajstić information content (AvgIpc) is 2.41. The fourth-order valence-corrected chi connectivity index (χ4v) is 3.25. The predicted octanol–water partition coefficient (Wildman–Crippen LogP) is 2.67. The van der Waals surface area contributed by atoms with Gasteiger partial charge in [0.2, 0.25) is 0 Å². The molecule has 1 atom stereocenters. The van der Waals surface area contributed by atoms with Crippen LogP contribution in [0.3, 0.4) is 0 Å². The summed E-state index contributed by atoms with van der Waals surface area (Å²) >= 11 is 6.15. The molecule has 2 N–H and O–H groups in total. The first-order valence-electron chi connectivity index (χ1n) is 6.64. The van der Waals surface area contributed by atoms with Crippen LogP contribution < -0.4 is 4.74 Å². The summed E-state index contributed by atoms with van der Waals surface area (Å²) in [4.78, 5) is 12.3. The molecule has 108 valence electrons. The van der Waals surface area contributed by atoms with Crippen molar-refractivity contribution in [3.63, 3.8) is 0 Å². The monoisotopic (exact) mass is 297 g/mol. The highest BCUT2D eigenvalue weighted by molar-refractivity contribution is 6.32. The molecule has 0 aliphatic carbocycles. The Kier molecular flexibility index (Phi) is 3.26. The van der Waals surface area contributed by atoms with E-state index in [2.05, 4.69) is 0 Å². The highest BCUT2D eigenvalue weighted by Gasteiger charge is 2.44. The SMILES string of the molecule is O=C(O)N1CCC2(CC1)CC(O)c1cccc(Cl)c1O2. The van der Waals surface area contributed by atoms with Crippen LogP contribution in [0.4, 0.5) is 4.79 Å². The lowest BCUT2D eigenvalue weighted by atomic mass is 9.82. The fourth-order valence-electron chi connectivity index (χ4n) is 3.03. The molecule has 1 saturated heterocycles. The quantitative estimate of drug-likeness (QED) is 0.772. The molecule has 6 heteroatoms. The topological polar surface area (TPSA) is 70.0 Å². The van der Waals surface area contributed by atoms with Gasteiger partial charge in [-0.15, -0.1) is 0 Å². The van der Waals surface area contributed by atoms with Crippen molar-refractivity contribution in [3.05, 3.63) is 28.8 Å². The van der Waals surface area contributed by atoms with Gasteiger partial charge in [0.25, 0.3) is 0 Å².